The molecule has 1 aliphatic heterocycles. The molecular formula is C35H37ClN6O5. The van der Waals surface area contributed by atoms with Gasteiger partial charge in [-0.25, -0.2) is 14.8 Å². The van der Waals surface area contributed by atoms with E-state index >= 15 is 0 Å². The van der Waals surface area contributed by atoms with Crippen LogP contribution in [0.4, 0.5) is 11.5 Å². The van der Waals surface area contributed by atoms with E-state index < -0.39 is 17.4 Å². The van der Waals surface area contributed by atoms with Gasteiger partial charge in [-0.2, -0.15) is 0 Å². The molecule has 0 aliphatic carbocycles. The van der Waals surface area contributed by atoms with Gasteiger partial charge in [0.2, 0.25) is 5.88 Å². The van der Waals surface area contributed by atoms with Crippen molar-refractivity contribution < 1.29 is 14.6 Å². The van der Waals surface area contributed by atoms with Crippen molar-refractivity contribution >= 4 is 34.0 Å². The van der Waals surface area contributed by atoms with Gasteiger partial charge in [-0.1, -0.05) is 48.0 Å². The van der Waals surface area contributed by atoms with Gasteiger partial charge in [0, 0.05) is 61.4 Å². The monoisotopic (exact) mass is 656 g/mol. The van der Waals surface area contributed by atoms with Crippen LogP contribution in [0, 0.1) is 13.8 Å². The van der Waals surface area contributed by atoms with Crippen LogP contribution in [0.2, 0.25) is 5.02 Å². The first-order chi connectivity index (χ1) is 22.6. The Bertz CT molecular complexity index is 2110. The Hall–Kier alpha value is -4.55. The third-order valence-corrected chi connectivity index (χ3v) is 9.15. The van der Waals surface area contributed by atoms with Crippen molar-refractivity contribution in [3.63, 3.8) is 0 Å². The highest BCUT2D eigenvalue weighted by Gasteiger charge is 2.24. The molecule has 11 nitrogen and oxygen atoms in total. The van der Waals surface area contributed by atoms with Gasteiger partial charge in [0.1, 0.15) is 11.2 Å². The number of rotatable bonds is 8. The number of nitrogens with zero attached hydrogens (tertiary/aromatic N) is 4. The molecule has 0 bridgehead atoms. The van der Waals surface area contributed by atoms with Crippen molar-refractivity contribution in [3.8, 4) is 28.3 Å². The highest BCUT2D eigenvalue weighted by Crippen LogP contribution is 2.40. The molecule has 6 rings (SSSR count). The standard InChI is InChI=1S/C35H37ClN6O5/c1-19-16-28-30(34(44)42(4)35(45)41(28)3)32(38-19)39-25-11-7-8-22(20(25)2)23-9-6-10-24(31(23)36)26-13-12-21(33(40-26)46-5)17-37-27-14-15-47-18-29(27)43/h6-13,16,27,29,37,43H,14-15,17-18H2,1-5H3,(H,38,39). The van der Waals surface area contributed by atoms with E-state index in [1.165, 1.54) is 11.6 Å². The molecule has 1 saturated heterocycles. The van der Waals surface area contributed by atoms with E-state index in [-0.39, 0.29) is 6.04 Å². The molecule has 3 N–H and O–H groups in total. The maximum absolute atomic E-state index is 13.2. The minimum atomic E-state index is -0.560. The van der Waals surface area contributed by atoms with Crippen molar-refractivity contribution in [2.75, 3.05) is 25.6 Å². The molecule has 4 heterocycles. The number of halogens is 1. The molecule has 244 valence electrons. The van der Waals surface area contributed by atoms with Crippen molar-refractivity contribution in [2.24, 2.45) is 14.1 Å². The van der Waals surface area contributed by atoms with Crippen LogP contribution in [-0.4, -0.2) is 56.7 Å². The van der Waals surface area contributed by atoms with Gasteiger partial charge in [-0.15, -0.1) is 0 Å². The summed E-state index contributed by atoms with van der Waals surface area (Å²) in [6, 6.07) is 17.2. The Kier molecular flexibility index (Phi) is 9.16. The highest BCUT2D eigenvalue weighted by molar-refractivity contribution is 6.36. The number of hydrogen-bond donors (Lipinski definition) is 3. The molecule has 0 spiro atoms. The van der Waals surface area contributed by atoms with E-state index in [0.717, 1.165) is 44.5 Å². The predicted octanol–water partition coefficient (Wildman–Crippen LogP) is 4.62. The largest absolute Gasteiger partial charge is 0.481 e. The second-order valence-corrected chi connectivity index (χ2v) is 12.1. The zero-order chi connectivity index (χ0) is 33.4. The lowest BCUT2D eigenvalue weighted by Gasteiger charge is -2.28. The summed E-state index contributed by atoms with van der Waals surface area (Å²) in [5.74, 6) is 0.843. The number of methoxy groups -OCH3 is 1. The summed E-state index contributed by atoms with van der Waals surface area (Å²) in [5.41, 5.74) is 5.95. The second-order valence-electron chi connectivity index (χ2n) is 11.8. The summed E-state index contributed by atoms with van der Waals surface area (Å²) in [6.07, 6.45) is 0.168. The topological polar surface area (TPSA) is 133 Å². The fourth-order valence-corrected chi connectivity index (χ4v) is 6.39. The second kappa shape index (κ2) is 13.3. The number of aliphatic hydroxyl groups is 1. The number of benzene rings is 2. The quantitative estimate of drug-likeness (QED) is 0.219. The lowest BCUT2D eigenvalue weighted by molar-refractivity contribution is -0.0281. The Morgan fingerprint density at radius 3 is 2.53 bits per heavy atom. The molecule has 0 amide bonds. The van der Waals surface area contributed by atoms with Crippen molar-refractivity contribution in [3.05, 3.63) is 97.3 Å². The summed E-state index contributed by atoms with van der Waals surface area (Å²) in [5, 5.41) is 17.9. The van der Waals surface area contributed by atoms with Crippen LogP contribution < -0.4 is 26.6 Å². The molecule has 12 heteroatoms. The van der Waals surface area contributed by atoms with E-state index in [0.29, 0.717) is 58.8 Å². The van der Waals surface area contributed by atoms with Crippen molar-refractivity contribution in [1.82, 2.24) is 24.4 Å². The molecule has 2 atom stereocenters. The summed E-state index contributed by atoms with van der Waals surface area (Å²) < 4.78 is 13.5. The molecule has 0 radical (unpaired) electrons. The highest BCUT2D eigenvalue weighted by atomic mass is 35.5. The normalized spacial score (nSPS) is 16.4. The van der Waals surface area contributed by atoms with Gasteiger partial charge >= 0.3 is 5.69 Å². The predicted molar refractivity (Wildman–Crippen MR) is 184 cm³/mol. The molecule has 1 fully saturated rings. The molecule has 2 aromatic carbocycles. The van der Waals surface area contributed by atoms with E-state index in [1.807, 2.05) is 62.4 Å². The lowest BCUT2D eigenvalue weighted by Crippen LogP contribution is -2.46. The molecule has 0 saturated carbocycles. The average Bonchev–Trinajstić information content (AvgIpc) is 3.07. The van der Waals surface area contributed by atoms with E-state index in [1.54, 1.807) is 20.2 Å². The van der Waals surface area contributed by atoms with Gasteiger partial charge in [0.25, 0.3) is 5.56 Å². The SMILES string of the molecule is COc1nc(-c2cccc(-c3cccc(Nc4nc(C)cc5c4c(=O)n(C)c(=O)n5C)c3C)c2Cl)ccc1CNC1CCOCC1O. The number of aromatic nitrogens is 4. The average molecular weight is 657 g/mol. The van der Waals surface area contributed by atoms with Crippen LogP contribution in [0.5, 0.6) is 5.88 Å². The fourth-order valence-electron chi connectivity index (χ4n) is 6.07. The molecule has 2 unspecified atom stereocenters. The van der Waals surface area contributed by atoms with Gasteiger partial charge in [-0.05, 0) is 49.6 Å². The lowest BCUT2D eigenvalue weighted by atomic mass is 9.96. The smallest absolute Gasteiger partial charge is 0.330 e. The number of aryl methyl sites for hydroxylation is 2. The maximum atomic E-state index is 13.2. The van der Waals surface area contributed by atoms with Gasteiger partial charge in [0.05, 0.1) is 36.1 Å². The van der Waals surface area contributed by atoms with Crippen LogP contribution in [0.25, 0.3) is 33.3 Å². The number of aliphatic hydroxyl groups excluding tert-OH is 1. The Balaban J connectivity index is 1.34. The zero-order valence-corrected chi connectivity index (χ0v) is 27.7. The Morgan fingerprint density at radius 1 is 1.02 bits per heavy atom. The Morgan fingerprint density at radius 2 is 1.77 bits per heavy atom. The molecular weight excluding hydrogens is 620 g/mol. The van der Waals surface area contributed by atoms with Crippen molar-refractivity contribution in [2.45, 2.75) is 39.0 Å². The summed E-state index contributed by atoms with van der Waals surface area (Å²) in [4.78, 5) is 35.3. The number of ether oxygens (including phenoxy) is 2. The minimum absolute atomic E-state index is 0.0627. The van der Waals surface area contributed by atoms with Gasteiger partial charge in [-0.3, -0.25) is 13.9 Å². The summed E-state index contributed by atoms with van der Waals surface area (Å²) in [6.45, 7) is 5.21. The molecule has 1 aliphatic rings. The molecule has 47 heavy (non-hydrogen) atoms. The van der Waals surface area contributed by atoms with E-state index in [9.17, 15) is 14.7 Å². The van der Waals surface area contributed by atoms with Crippen LogP contribution >= 0.6 is 11.6 Å². The maximum Gasteiger partial charge on any atom is 0.330 e. The number of pyridine rings is 2. The fraction of sp³-hybridized carbons (Fsp3) is 0.314. The van der Waals surface area contributed by atoms with E-state index in [4.69, 9.17) is 26.1 Å². The minimum Gasteiger partial charge on any atom is -0.481 e. The first kappa shape index (κ1) is 32.4. The first-order valence-electron chi connectivity index (χ1n) is 15.4. The number of anilines is 2. The number of hydrogen-bond acceptors (Lipinski definition) is 9. The van der Waals surface area contributed by atoms with Crippen LogP contribution in [0.1, 0.15) is 23.2 Å². The number of fused-ring (bicyclic) bond motifs is 1. The first-order valence-corrected chi connectivity index (χ1v) is 15.7. The third kappa shape index (κ3) is 6.15. The Labute approximate surface area is 276 Å². The van der Waals surface area contributed by atoms with Crippen LogP contribution in [0.15, 0.2) is 64.2 Å². The molecule has 3 aromatic heterocycles. The third-order valence-electron chi connectivity index (χ3n) is 8.75. The van der Waals surface area contributed by atoms with Gasteiger partial charge < -0.3 is 25.2 Å². The number of nitrogens with one attached hydrogen (secondary N) is 2. The van der Waals surface area contributed by atoms with E-state index in [2.05, 4.69) is 15.6 Å². The zero-order valence-electron chi connectivity index (χ0n) is 26.9. The summed E-state index contributed by atoms with van der Waals surface area (Å²) >= 11 is 7.10. The van der Waals surface area contributed by atoms with Crippen LogP contribution in [-0.2, 0) is 25.4 Å². The molecule has 5 aromatic rings. The summed E-state index contributed by atoms with van der Waals surface area (Å²) in [7, 11) is 4.68. The van der Waals surface area contributed by atoms with Crippen molar-refractivity contribution in [1.29, 1.82) is 0 Å². The van der Waals surface area contributed by atoms with Gasteiger partial charge in [0.15, 0.2) is 0 Å². The van der Waals surface area contributed by atoms with Crippen LogP contribution in [0.3, 0.4) is 0 Å².